The van der Waals surface area contributed by atoms with E-state index in [4.69, 9.17) is 0 Å². The molecule has 2 aliphatic carbocycles. The van der Waals surface area contributed by atoms with Crippen molar-refractivity contribution in [1.29, 1.82) is 0 Å². The minimum atomic E-state index is -0.578. The summed E-state index contributed by atoms with van der Waals surface area (Å²) in [5.41, 5.74) is 1.19. The molecule has 0 bridgehead atoms. The summed E-state index contributed by atoms with van der Waals surface area (Å²) < 4.78 is 0. The van der Waals surface area contributed by atoms with Crippen molar-refractivity contribution < 1.29 is 51.3 Å². The molecule has 0 spiro atoms. The number of ketones is 2. The van der Waals surface area contributed by atoms with Crippen LogP contribution in [-0.2, 0) is 26.4 Å². The van der Waals surface area contributed by atoms with Crippen LogP contribution >= 0.6 is 22.7 Å². The van der Waals surface area contributed by atoms with Gasteiger partial charge in [0.15, 0.2) is 11.6 Å². The van der Waals surface area contributed by atoms with E-state index in [2.05, 4.69) is 37.4 Å². The van der Waals surface area contributed by atoms with Crippen molar-refractivity contribution in [2.24, 2.45) is 20.4 Å². The van der Waals surface area contributed by atoms with E-state index in [1.165, 1.54) is 38.1 Å². The van der Waals surface area contributed by atoms with Crippen molar-refractivity contribution in [1.82, 2.24) is 9.97 Å². The molecule has 1 fully saturated rings. The molecular weight excluding hydrogens is 677 g/mol. The maximum absolute atomic E-state index is 11.1. The average Bonchev–Trinajstić information content (AvgIpc) is 3.71. The molecule has 3 aliphatic rings. The Kier molecular flexibility index (Phi) is 13.8. The average molecular weight is 704 g/mol. The first-order valence-electron chi connectivity index (χ1n) is 12.7. The van der Waals surface area contributed by atoms with Gasteiger partial charge in [-0.1, -0.05) is 22.7 Å². The van der Waals surface area contributed by atoms with Crippen molar-refractivity contribution in [3.05, 3.63) is 89.2 Å². The van der Waals surface area contributed by atoms with Crippen molar-refractivity contribution in [2.45, 2.75) is 26.7 Å². The van der Waals surface area contributed by atoms with Gasteiger partial charge in [-0.15, -0.1) is 0 Å². The topological polar surface area (TPSA) is 243 Å². The summed E-state index contributed by atoms with van der Waals surface area (Å²) in [4.78, 5) is 51.3. The molecular formula is C25H26CoN9O8S2-. The van der Waals surface area contributed by atoms with Crippen LogP contribution in [0.3, 0.4) is 0 Å². The van der Waals surface area contributed by atoms with Crippen molar-refractivity contribution in [2.75, 3.05) is 20.1 Å². The zero-order valence-corrected chi connectivity index (χ0v) is 26.5. The minimum Gasteiger partial charge on any atom is -0.506 e. The summed E-state index contributed by atoms with van der Waals surface area (Å²) in [6.07, 6.45) is 9.70. The van der Waals surface area contributed by atoms with E-state index in [0.29, 0.717) is 11.1 Å². The number of hydrogen-bond acceptors (Lipinski definition) is 14. The fraction of sp³-hybridized carbons (Fsp3) is 0.280. The summed E-state index contributed by atoms with van der Waals surface area (Å²) in [5.74, 6) is -1.25. The summed E-state index contributed by atoms with van der Waals surface area (Å²) in [6, 6.07) is 0. The predicted molar refractivity (Wildman–Crippen MR) is 159 cm³/mol. The second-order valence-electron chi connectivity index (χ2n) is 9.26. The van der Waals surface area contributed by atoms with Gasteiger partial charge in [0.25, 0.3) is 0 Å². The molecule has 2 aromatic heterocycles. The number of carbonyl (C=O) groups is 2. The Balaban J connectivity index is 0.000000259. The number of nitrogens with one attached hydrogen (secondary N) is 1. The normalized spacial score (nSPS) is 19.0. The van der Waals surface area contributed by atoms with E-state index in [-0.39, 0.29) is 70.9 Å². The van der Waals surface area contributed by atoms with Crippen molar-refractivity contribution >= 4 is 55.7 Å². The first-order chi connectivity index (χ1) is 20.8. The zero-order valence-electron chi connectivity index (χ0n) is 23.9. The van der Waals surface area contributed by atoms with Crippen LogP contribution in [0, 0.1) is 20.2 Å². The second kappa shape index (κ2) is 17.0. The van der Waals surface area contributed by atoms with Crippen molar-refractivity contribution in [3.8, 4) is 0 Å². The maximum atomic E-state index is 11.1. The number of rotatable bonds is 4. The van der Waals surface area contributed by atoms with Crippen LogP contribution in [0.15, 0.2) is 79.8 Å². The van der Waals surface area contributed by atoms with Gasteiger partial charge in [-0.2, -0.15) is 0 Å². The second-order valence-corrected chi connectivity index (χ2v) is 11.2. The van der Waals surface area contributed by atoms with Crippen LogP contribution in [0.2, 0.25) is 0 Å². The molecule has 3 heterocycles. The standard InChI is InChI=1S/2C10H8N4O4S.C5H11N.Co/c2*1-5-2-6(15)3-7(16)9(5)12-13-10-11-4-8(19-10)14(17)18;1-6-4-2-3-5-6;/h2*2-4H,1H3,(H2,11,13,15,16);2-5H2,1H3;/p-1. The van der Waals surface area contributed by atoms with Gasteiger partial charge >= 0.3 is 10.0 Å². The third kappa shape index (κ3) is 11.1. The fourth-order valence-electron chi connectivity index (χ4n) is 3.66. The van der Waals surface area contributed by atoms with Gasteiger partial charge in [0.05, 0.1) is 30.0 Å². The number of allylic oxidation sites excluding steroid dienone is 6. The van der Waals surface area contributed by atoms with Crippen LogP contribution in [-0.4, -0.2) is 63.2 Å². The Labute approximate surface area is 272 Å². The van der Waals surface area contributed by atoms with E-state index < -0.39 is 9.85 Å². The molecule has 1 saturated heterocycles. The third-order valence-electron chi connectivity index (χ3n) is 5.76. The van der Waals surface area contributed by atoms with Crippen LogP contribution in [0.4, 0.5) is 10.0 Å². The number of nitrogens with zero attached hydrogens (tertiary/aromatic N) is 8. The molecule has 2 aromatic rings. The summed E-state index contributed by atoms with van der Waals surface area (Å²) in [6.45, 7) is 6.00. The quantitative estimate of drug-likeness (QED) is 0.231. The maximum Gasteiger partial charge on any atom is 0.319 e. The number of quaternary nitrogens is 1. The van der Waals surface area contributed by atoms with Gasteiger partial charge in [-0.25, -0.2) is 0 Å². The monoisotopic (exact) mass is 703 g/mol. The van der Waals surface area contributed by atoms with E-state index >= 15 is 0 Å². The summed E-state index contributed by atoms with van der Waals surface area (Å²) in [5, 5.41) is 54.7. The van der Waals surface area contributed by atoms with E-state index in [9.17, 15) is 40.0 Å². The number of nitro groups is 2. The third-order valence-corrected chi connectivity index (χ3v) is 7.42. The summed E-state index contributed by atoms with van der Waals surface area (Å²) in [7, 11) is 2.26. The molecule has 0 atom stereocenters. The van der Waals surface area contributed by atoms with Gasteiger partial charge < -0.3 is 35.3 Å². The Bertz CT molecular complexity index is 1610. The number of hydrogen-bond donors (Lipinski definition) is 3. The first kappa shape index (κ1) is 36.6. The Morgan fingerprint density at radius 3 is 1.40 bits per heavy atom. The molecule has 45 heavy (non-hydrogen) atoms. The molecule has 17 nitrogen and oxygen atoms in total. The van der Waals surface area contributed by atoms with Crippen LogP contribution in [0.5, 0.6) is 0 Å². The van der Waals surface area contributed by atoms with Gasteiger partial charge in [-0.05, 0) is 37.1 Å². The first-order valence-corrected chi connectivity index (χ1v) is 14.3. The molecule has 20 heteroatoms. The molecule has 3 N–H and O–H groups in total. The van der Waals surface area contributed by atoms with Gasteiger partial charge in [0.2, 0.25) is 0 Å². The Hall–Kier alpha value is -4.63. The van der Waals surface area contributed by atoms with Crippen molar-refractivity contribution in [3.63, 3.8) is 0 Å². The van der Waals surface area contributed by atoms with Crippen LogP contribution in [0.25, 0.3) is 0 Å². The van der Waals surface area contributed by atoms with Gasteiger partial charge in [-0.3, -0.25) is 40.0 Å². The number of thiazole rings is 2. The molecule has 241 valence electrons. The number of aliphatic hydroxyl groups is 2. The smallest absolute Gasteiger partial charge is 0.319 e. The van der Waals surface area contributed by atoms with E-state index in [1.807, 2.05) is 0 Å². The molecule has 1 aliphatic heterocycles. The summed E-state index contributed by atoms with van der Waals surface area (Å²) >= 11 is 1.52. The zero-order chi connectivity index (χ0) is 32.4. The molecule has 0 aromatic carbocycles. The van der Waals surface area contributed by atoms with Crippen LogP contribution < -0.4 is 24.5 Å². The molecule has 0 unspecified atom stereocenters. The Morgan fingerprint density at radius 2 is 1.13 bits per heavy atom. The molecule has 0 saturated carbocycles. The molecule has 5 rings (SSSR count). The minimum absolute atomic E-state index is 0. The molecule has 1 radical (unpaired) electrons. The number of likely N-dealkylation sites (tertiary alicyclic amines) is 1. The number of carbonyl (C=O) groups excluding carboxylic acids is 2. The SMILES string of the molecule is CC1=CC(=O)C=C(O)/C1=N/N=c1\[n-]cc([N+](=O)[O-])s1.CC1=CC(=O)C=C(O)C1=N/N=c1\[n-]cc([N+](=O)[O-])s1.C[NH+]1CCCC1.[Co]. The van der Waals surface area contributed by atoms with Gasteiger partial charge in [0.1, 0.15) is 22.9 Å². The van der Waals surface area contributed by atoms with Crippen LogP contribution in [0.1, 0.15) is 26.7 Å². The van der Waals surface area contributed by atoms with Gasteiger partial charge in [0, 0.05) is 63.8 Å². The molecule has 0 amide bonds. The number of aromatic nitrogens is 2. The van der Waals surface area contributed by atoms with E-state index in [1.54, 1.807) is 18.7 Å². The largest absolute Gasteiger partial charge is 0.506 e. The predicted octanol–water partition coefficient (Wildman–Crippen LogP) is 0.975. The van der Waals surface area contributed by atoms with E-state index in [0.717, 1.165) is 47.2 Å². The Morgan fingerprint density at radius 1 is 0.756 bits per heavy atom. The number of aliphatic hydroxyl groups excluding tert-OH is 2. The fourth-order valence-corrected chi connectivity index (χ4v) is 4.76.